The Hall–Kier alpha value is -1.94. The van der Waals surface area contributed by atoms with Crippen molar-refractivity contribution in [3.05, 3.63) is 0 Å². The van der Waals surface area contributed by atoms with E-state index >= 15 is 0 Å². The molecule has 0 aliphatic heterocycles. The number of esters is 4. The number of carbonyl (C=O) groups excluding carboxylic acids is 4. The van der Waals surface area contributed by atoms with Gasteiger partial charge in [-0.3, -0.25) is 37.3 Å². The molecule has 0 bridgehead atoms. The van der Waals surface area contributed by atoms with Gasteiger partial charge in [-0.15, -0.1) is 0 Å². The number of hydrogen-bond acceptors (Lipinski definition) is 15. The molecule has 0 rings (SSSR count). The van der Waals surface area contributed by atoms with Crippen molar-refractivity contribution in [1.82, 2.24) is 0 Å². The van der Waals surface area contributed by atoms with Crippen LogP contribution >= 0.6 is 15.6 Å². The summed E-state index contributed by atoms with van der Waals surface area (Å²) in [7, 11) is -9.91. The molecule has 576 valence electrons. The number of ether oxygens (including phenoxy) is 4. The van der Waals surface area contributed by atoms with E-state index < -0.39 is 97.5 Å². The first kappa shape index (κ1) is 95.1. The van der Waals surface area contributed by atoms with Crippen molar-refractivity contribution in [3.63, 3.8) is 0 Å². The first-order chi connectivity index (χ1) is 46.9. The molecule has 0 aromatic heterocycles. The summed E-state index contributed by atoms with van der Waals surface area (Å²) in [6.07, 6.45) is 58.5. The molecule has 0 radical (unpaired) electrons. The van der Waals surface area contributed by atoms with Gasteiger partial charge in [0.1, 0.15) is 19.3 Å². The highest BCUT2D eigenvalue weighted by Gasteiger charge is 2.30. The summed E-state index contributed by atoms with van der Waals surface area (Å²) in [4.78, 5) is 72.9. The van der Waals surface area contributed by atoms with Crippen LogP contribution in [0.5, 0.6) is 0 Å². The van der Waals surface area contributed by atoms with Gasteiger partial charge in [0.15, 0.2) is 12.2 Å². The van der Waals surface area contributed by atoms with Gasteiger partial charge in [-0.2, -0.15) is 0 Å². The minimum Gasteiger partial charge on any atom is -0.462 e. The average Bonchev–Trinajstić information content (AvgIpc) is 1.42. The zero-order chi connectivity index (χ0) is 71.4. The molecule has 0 aromatic rings. The summed E-state index contributed by atoms with van der Waals surface area (Å²) >= 11 is 0. The third-order valence-corrected chi connectivity index (χ3v) is 20.1. The number of phosphoric acid groups is 2. The molecule has 0 aliphatic rings. The molecule has 0 fully saturated rings. The maximum Gasteiger partial charge on any atom is 0.472 e. The Morgan fingerprint density at radius 1 is 0.278 bits per heavy atom. The van der Waals surface area contributed by atoms with E-state index in [-0.39, 0.29) is 25.7 Å². The predicted molar refractivity (Wildman–Crippen MR) is 395 cm³/mol. The van der Waals surface area contributed by atoms with E-state index in [9.17, 15) is 43.2 Å². The number of aliphatic hydroxyl groups excluding tert-OH is 1. The zero-order valence-corrected chi connectivity index (χ0v) is 65.2. The van der Waals surface area contributed by atoms with Crippen molar-refractivity contribution in [2.45, 2.75) is 426 Å². The summed E-state index contributed by atoms with van der Waals surface area (Å²) in [6.45, 7) is 9.52. The average molecular weight is 1420 g/mol. The Morgan fingerprint density at radius 3 is 0.701 bits per heavy atom. The lowest BCUT2D eigenvalue weighted by atomic mass is 10.0. The summed E-state index contributed by atoms with van der Waals surface area (Å²) in [6, 6.07) is 0. The van der Waals surface area contributed by atoms with Crippen molar-refractivity contribution in [3.8, 4) is 0 Å². The minimum absolute atomic E-state index is 0.105. The fraction of sp³-hybridized carbons (Fsp3) is 0.949. The highest BCUT2D eigenvalue weighted by Crippen LogP contribution is 2.45. The third-order valence-electron chi connectivity index (χ3n) is 18.2. The molecule has 0 aromatic carbocycles. The molecule has 0 amide bonds. The number of hydrogen-bond donors (Lipinski definition) is 3. The van der Waals surface area contributed by atoms with Gasteiger partial charge in [0, 0.05) is 25.7 Å². The van der Waals surface area contributed by atoms with Crippen molar-refractivity contribution in [2.24, 2.45) is 11.8 Å². The van der Waals surface area contributed by atoms with E-state index in [4.69, 9.17) is 37.0 Å². The monoisotopic (exact) mass is 1420 g/mol. The summed E-state index contributed by atoms with van der Waals surface area (Å²) in [5.74, 6) is -0.683. The Morgan fingerprint density at radius 2 is 0.474 bits per heavy atom. The van der Waals surface area contributed by atoms with Crippen LogP contribution in [0, 0.1) is 11.8 Å². The molecule has 0 saturated carbocycles. The maximum absolute atomic E-state index is 13.1. The SMILES string of the molecule is CCCCCCCCCCCCCCCCCCCCC(=O)O[C@H](COC(=O)CCCCCCCCCCCCCCCCCCC)COP(=O)(O)OC[C@@H](O)COP(=O)(O)OC[C@@H](COC(=O)CCCCCCCCC(C)C)OC(=O)CCCCCCCCCCCCC(C)C. The van der Waals surface area contributed by atoms with E-state index in [1.165, 1.54) is 218 Å². The van der Waals surface area contributed by atoms with Gasteiger partial charge in [0.2, 0.25) is 0 Å². The number of rotatable bonds is 77. The number of unbranched alkanes of at least 4 members (excludes halogenated alkanes) is 47. The molecule has 0 saturated heterocycles. The van der Waals surface area contributed by atoms with Crippen molar-refractivity contribution in [1.29, 1.82) is 0 Å². The fourth-order valence-electron chi connectivity index (χ4n) is 12.0. The lowest BCUT2D eigenvalue weighted by molar-refractivity contribution is -0.161. The second kappa shape index (κ2) is 69.8. The fourth-order valence-corrected chi connectivity index (χ4v) is 13.6. The highest BCUT2D eigenvalue weighted by molar-refractivity contribution is 7.47. The normalized spacial score (nSPS) is 14.0. The van der Waals surface area contributed by atoms with Crippen molar-refractivity contribution in [2.75, 3.05) is 39.6 Å². The summed E-state index contributed by atoms with van der Waals surface area (Å²) in [5, 5.41) is 10.6. The maximum atomic E-state index is 13.1. The van der Waals surface area contributed by atoms with Crippen LogP contribution in [-0.4, -0.2) is 96.7 Å². The van der Waals surface area contributed by atoms with E-state index in [1.807, 2.05) is 0 Å². The molecule has 17 nitrogen and oxygen atoms in total. The molecule has 97 heavy (non-hydrogen) atoms. The molecule has 0 spiro atoms. The Bertz CT molecular complexity index is 1870. The largest absolute Gasteiger partial charge is 0.472 e. The number of phosphoric ester groups is 2. The zero-order valence-electron chi connectivity index (χ0n) is 63.4. The van der Waals surface area contributed by atoms with Crippen molar-refractivity contribution < 1.29 is 80.2 Å². The molecular weight excluding hydrogens is 1270 g/mol. The van der Waals surface area contributed by atoms with Gasteiger partial charge in [-0.05, 0) is 37.5 Å². The van der Waals surface area contributed by atoms with Gasteiger partial charge in [-0.25, -0.2) is 9.13 Å². The van der Waals surface area contributed by atoms with Crippen LogP contribution in [0.2, 0.25) is 0 Å². The first-order valence-electron chi connectivity index (χ1n) is 40.5. The predicted octanol–water partition coefficient (Wildman–Crippen LogP) is 23.1. The van der Waals surface area contributed by atoms with Gasteiger partial charge in [0.25, 0.3) is 0 Å². The van der Waals surface area contributed by atoms with Gasteiger partial charge < -0.3 is 33.8 Å². The second-order valence-electron chi connectivity index (χ2n) is 29.1. The third kappa shape index (κ3) is 72.2. The highest BCUT2D eigenvalue weighted by atomic mass is 31.2. The topological polar surface area (TPSA) is 237 Å². The smallest absolute Gasteiger partial charge is 0.462 e. The van der Waals surface area contributed by atoms with Crippen LogP contribution in [-0.2, 0) is 65.4 Å². The Kier molecular flexibility index (Phi) is 68.4. The lowest BCUT2D eigenvalue weighted by Gasteiger charge is -2.21. The van der Waals surface area contributed by atoms with E-state index in [0.717, 1.165) is 102 Å². The molecule has 3 N–H and O–H groups in total. The van der Waals surface area contributed by atoms with Gasteiger partial charge in [-0.1, -0.05) is 356 Å². The summed E-state index contributed by atoms with van der Waals surface area (Å²) in [5.41, 5.74) is 0. The van der Waals surface area contributed by atoms with E-state index in [1.54, 1.807) is 0 Å². The van der Waals surface area contributed by atoms with Crippen molar-refractivity contribution >= 4 is 39.5 Å². The minimum atomic E-state index is -4.96. The number of carbonyl (C=O) groups is 4. The Balaban J connectivity index is 5.23. The first-order valence-corrected chi connectivity index (χ1v) is 43.5. The van der Waals surface area contributed by atoms with Crippen LogP contribution < -0.4 is 0 Å². The van der Waals surface area contributed by atoms with Crippen LogP contribution in [0.3, 0.4) is 0 Å². The van der Waals surface area contributed by atoms with E-state index in [2.05, 4.69) is 41.5 Å². The van der Waals surface area contributed by atoms with Gasteiger partial charge >= 0.3 is 39.5 Å². The second-order valence-corrected chi connectivity index (χ2v) is 32.0. The van der Waals surface area contributed by atoms with E-state index in [0.29, 0.717) is 31.6 Å². The summed E-state index contributed by atoms with van der Waals surface area (Å²) < 4.78 is 68.6. The quantitative estimate of drug-likeness (QED) is 0.0222. The molecule has 2 unspecified atom stereocenters. The lowest BCUT2D eigenvalue weighted by Crippen LogP contribution is -2.30. The molecule has 19 heteroatoms. The molecular formula is C78H152O17P2. The van der Waals surface area contributed by atoms with Crippen LogP contribution in [0.25, 0.3) is 0 Å². The molecule has 0 aliphatic carbocycles. The Labute approximate surface area is 594 Å². The van der Waals surface area contributed by atoms with Crippen LogP contribution in [0.4, 0.5) is 0 Å². The standard InChI is InChI=1S/C78H152O17P2/c1-7-9-11-13-15-17-19-21-23-25-27-29-31-33-38-42-50-56-62-77(82)94-73(66-88-75(80)60-54-48-41-37-32-30-28-26-24-22-20-18-16-14-12-10-8-2)68-92-96(84,85)90-64-72(79)65-91-97(86,87)93-69-74(67-89-76(81)61-55-49-45-44-47-53-59-71(5)6)95-78(83)63-57-51-43-39-35-34-36-40-46-52-58-70(3)4/h70-74,79H,7-69H2,1-6H3,(H,84,85)(H,86,87)/t72-,73-,74-/m1/s1. The van der Waals surface area contributed by atoms with Gasteiger partial charge in [0.05, 0.1) is 26.4 Å². The number of aliphatic hydroxyl groups is 1. The van der Waals surface area contributed by atoms with Crippen LogP contribution in [0.15, 0.2) is 0 Å². The molecule has 5 atom stereocenters. The molecule has 0 heterocycles. The van der Waals surface area contributed by atoms with Crippen LogP contribution in [0.1, 0.15) is 408 Å².